The zero-order valence-corrected chi connectivity index (χ0v) is 14.9. The molecule has 2 aliphatic rings. The number of aliphatic hydroxyl groups is 1. The molecule has 138 valence electrons. The number of aliphatic carboxylic acids is 1. The first kappa shape index (κ1) is 20.6. The van der Waals surface area contributed by atoms with E-state index in [0.717, 1.165) is 4.90 Å². The minimum absolute atomic E-state index is 0.206. The Balaban J connectivity index is 0.00000139. The average molecular weight is 343 g/mol. The van der Waals surface area contributed by atoms with E-state index in [9.17, 15) is 24.6 Å². The summed E-state index contributed by atoms with van der Waals surface area (Å²) in [6.07, 6.45) is 2.29. The molecule has 7 heteroatoms. The lowest BCUT2D eigenvalue weighted by molar-refractivity contribution is -0.227. The van der Waals surface area contributed by atoms with Crippen molar-refractivity contribution in [2.75, 3.05) is 6.54 Å². The molecule has 1 amide bonds. The van der Waals surface area contributed by atoms with Gasteiger partial charge >= 0.3 is 11.8 Å². The van der Waals surface area contributed by atoms with Gasteiger partial charge in [0.2, 0.25) is 5.78 Å². The van der Waals surface area contributed by atoms with Crippen molar-refractivity contribution in [1.29, 1.82) is 0 Å². The van der Waals surface area contributed by atoms with Crippen LogP contribution in [0.5, 0.6) is 0 Å². The molecule has 2 heterocycles. The third-order valence-corrected chi connectivity index (χ3v) is 4.50. The molecule has 7 nitrogen and oxygen atoms in total. The van der Waals surface area contributed by atoms with Gasteiger partial charge in [0.25, 0.3) is 5.91 Å². The number of hydrogen-bond acceptors (Lipinski definition) is 5. The lowest BCUT2D eigenvalue weighted by Crippen LogP contribution is -2.61. The van der Waals surface area contributed by atoms with Gasteiger partial charge in [0.05, 0.1) is 6.10 Å². The van der Waals surface area contributed by atoms with Gasteiger partial charge in [-0.15, -0.1) is 0 Å². The van der Waals surface area contributed by atoms with Crippen molar-refractivity contribution in [2.24, 2.45) is 5.92 Å². The number of amides is 1. The number of hydrogen-bond donors (Lipinski definition) is 2. The molecule has 0 spiro atoms. The Morgan fingerprint density at radius 1 is 1.17 bits per heavy atom. The molecular weight excluding hydrogens is 314 g/mol. The summed E-state index contributed by atoms with van der Waals surface area (Å²) in [5, 5.41) is 19.9. The molecule has 2 fully saturated rings. The molecule has 2 rings (SSSR count). The van der Waals surface area contributed by atoms with Crippen LogP contribution in [-0.4, -0.2) is 57.3 Å². The monoisotopic (exact) mass is 343 g/mol. The van der Waals surface area contributed by atoms with Gasteiger partial charge in [-0.05, 0) is 39.0 Å². The van der Waals surface area contributed by atoms with Gasteiger partial charge in [0.15, 0.2) is 0 Å². The average Bonchev–Trinajstić information content (AvgIpc) is 2.68. The maximum absolute atomic E-state index is 12.7. The molecule has 4 atom stereocenters. The summed E-state index contributed by atoms with van der Waals surface area (Å²) in [4.78, 5) is 37.5. The second-order valence-corrected chi connectivity index (χ2v) is 6.26. The van der Waals surface area contributed by atoms with E-state index in [1.165, 1.54) is 0 Å². The van der Waals surface area contributed by atoms with E-state index in [2.05, 4.69) is 0 Å². The highest BCUT2D eigenvalue weighted by atomic mass is 16.6. The predicted octanol–water partition coefficient (Wildman–Crippen LogP) is 1.57. The Hall–Kier alpha value is -1.47. The number of ketones is 1. The highest BCUT2D eigenvalue weighted by molar-refractivity contribution is 6.09. The van der Waals surface area contributed by atoms with Gasteiger partial charge in [-0.2, -0.15) is 0 Å². The molecule has 0 aromatic heterocycles. The molecule has 0 bridgehead atoms. The Labute approximate surface area is 143 Å². The number of Topliss-reactive ketones (excluding diaryl/α,β-unsaturated/α-hetero) is 1. The first-order chi connectivity index (χ1) is 11.3. The number of likely N-dealkylation sites (tertiary alicyclic amines) is 1. The fraction of sp³-hybridized carbons (Fsp3) is 0.824. The first-order valence-corrected chi connectivity index (χ1v) is 8.75. The van der Waals surface area contributed by atoms with Crippen LogP contribution in [0.15, 0.2) is 0 Å². The fourth-order valence-electron chi connectivity index (χ4n) is 3.14. The number of piperidine rings is 1. The maximum atomic E-state index is 12.7. The second-order valence-electron chi connectivity index (χ2n) is 6.26. The third kappa shape index (κ3) is 4.13. The second kappa shape index (κ2) is 8.58. The molecule has 0 radical (unpaired) electrons. The molecule has 0 saturated carbocycles. The van der Waals surface area contributed by atoms with Gasteiger partial charge in [0, 0.05) is 12.5 Å². The first-order valence-electron chi connectivity index (χ1n) is 8.75. The van der Waals surface area contributed by atoms with Crippen molar-refractivity contribution in [3.05, 3.63) is 0 Å². The van der Waals surface area contributed by atoms with Crippen molar-refractivity contribution in [3.63, 3.8) is 0 Å². The fourth-order valence-corrected chi connectivity index (χ4v) is 3.14. The maximum Gasteiger partial charge on any atom is 0.326 e. The van der Waals surface area contributed by atoms with Crippen molar-refractivity contribution >= 4 is 17.7 Å². The van der Waals surface area contributed by atoms with Crippen LogP contribution in [0.2, 0.25) is 0 Å². The highest BCUT2D eigenvalue weighted by Crippen LogP contribution is 2.30. The summed E-state index contributed by atoms with van der Waals surface area (Å²) in [6, 6.07) is -1.02. The number of carboxylic acid groups (broad SMARTS) is 1. The lowest BCUT2D eigenvalue weighted by Gasteiger charge is -2.38. The molecule has 0 aliphatic carbocycles. The summed E-state index contributed by atoms with van der Waals surface area (Å²) >= 11 is 0. The Bertz CT molecular complexity index is 480. The minimum atomic E-state index is -2.57. The van der Waals surface area contributed by atoms with Crippen molar-refractivity contribution in [2.45, 2.75) is 77.7 Å². The summed E-state index contributed by atoms with van der Waals surface area (Å²) in [6.45, 7) is 7.54. The minimum Gasteiger partial charge on any atom is -0.480 e. The number of ether oxygens (including phenoxy) is 1. The van der Waals surface area contributed by atoms with Crippen molar-refractivity contribution in [1.82, 2.24) is 4.90 Å². The molecule has 4 unspecified atom stereocenters. The number of rotatable bonds is 2. The number of carbonyl (C=O) groups excluding carboxylic acids is 2. The normalized spacial score (nSPS) is 34.0. The topological polar surface area (TPSA) is 104 Å². The molecule has 24 heavy (non-hydrogen) atoms. The predicted molar refractivity (Wildman–Crippen MR) is 87.2 cm³/mol. The quantitative estimate of drug-likeness (QED) is 0.738. The van der Waals surface area contributed by atoms with Crippen molar-refractivity contribution < 1.29 is 29.3 Å². The van der Waals surface area contributed by atoms with Crippen LogP contribution in [0.3, 0.4) is 0 Å². The van der Waals surface area contributed by atoms with Crippen LogP contribution < -0.4 is 0 Å². The molecule has 0 aromatic carbocycles. The van der Waals surface area contributed by atoms with Gasteiger partial charge < -0.3 is 19.8 Å². The van der Waals surface area contributed by atoms with E-state index >= 15 is 0 Å². The van der Waals surface area contributed by atoms with Crippen LogP contribution in [-0.2, 0) is 19.1 Å². The van der Waals surface area contributed by atoms with Gasteiger partial charge in [-0.3, -0.25) is 9.59 Å². The molecule has 2 aliphatic heterocycles. The zero-order chi connectivity index (χ0) is 18.5. The van der Waals surface area contributed by atoms with Gasteiger partial charge in [-0.1, -0.05) is 20.8 Å². The number of carboxylic acids is 1. The van der Waals surface area contributed by atoms with Crippen molar-refractivity contribution in [3.8, 4) is 0 Å². The molecular formula is C17H29NO6. The third-order valence-electron chi connectivity index (χ3n) is 4.50. The van der Waals surface area contributed by atoms with Gasteiger partial charge in [-0.25, -0.2) is 4.79 Å². The van der Waals surface area contributed by atoms with Crippen LogP contribution in [0.1, 0.15) is 59.8 Å². The Kier molecular flexibility index (Phi) is 7.35. The summed E-state index contributed by atoms with van der Waals surface area (Å²) < 4.78 is 5.35. The molecule has 2 N–H and O–H groups in total. The van der Waals surface area contributed by atoms with E-state index < -0.39 is 41.5 Å². The Morgan fingerprint density at radius 3 is 2.38 bits per heavy atom. The van der Waals surface area contributed by atoms with Crippen LogP contribution in [0.25, 0.3) is 0 Å². The summed E-state index contributed by atoms with van der Waals surface area (Å²) in [5.74, 6) is -5.83. The van der Waals surface area contributed by atoms with E-state index in [-0.39, 0.29) is 6.54 Å². The number of carbonyl (C=O) groups is 3. The highest BCUT2D eigenvalue weighted by Gasteiger charge is 2.53. The summed E-state index contributed by atoms with van der Waals surface area (Å²) in [5.41, 5.74) is 0. The number of nitrogens with zero attached hydrogens (tertiary/aromatic N) is 1. The van der Waals surface area contributed by atoms with Crippen LogP contribution in [0, 0.1) is 5.92 Å². The SMILES string of the molecule is CC.CC1CCC(C)C(=O)C(O)(C(=O)N2CCCCC2C(=O)O)O1. The summed E-state index contributed by atoms with van der Waals surface area (Å²) in [7, 11) is 0. The smallest absolute Gasteiger partial charge is 0.326 e. The van der Waals surface area contributed by atoms with E-state index in [1.807, 2.05) is 13.8 Å². The van der Waals surface area contributed by atoms with E-state index in [4.69, 9.17) is 4.74 Å². The largest absolute Gasteiger partial charge is 0.480 e. The van der Waals surface area contributed by atoms with E-state index in [0.29, 0.717) is 32.1 Å². The molecule has 0 aromatic rings. The standard InChI is InChI=1S/C15H23NO6.C2H6/c1-9-6-7-10(2)22-15(21,12(9)17)14(20)16-8-4-3-5-11(16)13(18)19;1-2/h9-11,21H,3-8H2,1-2H3,(H,18,19);1-2H3. The van der Waals surface area contributed by atoms with Gasteiger partial charge in [0.1, 0.15) is 6.04 Å². The molecule has 2 saturated heterocycles. The van der Waals surface area contributed by atoms with E-state index in [1.54, 1.807) is 13.8 Å². The van der Waals surface area contributed by atoms with Crippen LogP contribution >= 0.6 is 0 Å². The van der Waals surface area contributed by atoms with Crippen LogP contribution in [0.4, 0.5) is 0 Å². The zero-order valence-electron chi connectivity index (χ0n) is 14.9. The lowest BCUT2D eigenvalue weighted by atomic mass is 9.93. The Morgan fingerprint density at radius 2 is 1.79 bits per heavy atom.